The lowest BCUT2D eigenvalue weighted by Gasteiger charge is -2.34. The van der Waals surface area contributed by atoms with E-state index in [0.717, 1.165) is 19.6 Å². The summed E-state index contributed by atoms with van der Waals surface area (Å²) in [4.78, 5) is 14.3. The fourth-order valence-electron chi connectivity index (χ4n) is 2.81. The van der Waals surface area contributed by atoms with Crippen LogP contribution in [0, 0.1) is 17.8 Å². The maximum atomic E-state index is 12.2. The molecule has 0 spiro atoms. The van der Waals surface area contributed by atoms with Crippen LogP contribution in [-0.4, -0.2) is 37.5 Å². The summed E-state index contributed by atoms with van der Waals surface area (Å²) in [5, 5.41) is 3.22. The minimum absolute atomic E-state index is 0. The Bertz CT molecular complexity index is 254. The molecule has 100 valence electrons. The largest absolute Gasteiger partial charge is 0.342 e. The van der Waals surface area contributed by atoms with E-state index in [1.54, 1.807) is 0 Å². The van der Waals surface area contributed by atoms with Gasteiger partial charge in [-0.2, -0.15) is 0 Å². The number of hydrogen-bond acceptors (Lipinski definition) is 2. The summed E-state index contributed by atoms with van der Waals surface area (Å²) < 4.78 is 0. The lowest BCUT2D eigenvalue weighted by atomic mass is 9.96. The lowest BCUT2D eigenvalue weighted by Crippen LogP contribution is -2.44. The third-order valence-corrected chi connectivity index (χ3v) is 4.04. The van der Waals surface area contributed by atoms with Gasteiger partial charge in [-0.05, 0) is 51.1 Å². The van der Waals surface area contributed by atoms with Gasteiger partial charge in [-0.3, -0.25) is 4.79 Å². The van der Waals surface area contributed by atoms with Crippen molar-refractivity contribution in [3.05, 3.63) is 0 Å². The standard InChI is InChI=1S/C13H24N2O.ClH/c1-10(12-5-6-12)13(16)15-7-3-4-11(9-15)8-14-2;/h10-12,14H,3-9H2,1-2H3;1H. The molecule has 1 heterocycles. The molecule has 3 nitrogen and oxygen atoms in total. The van der Waals surface area contributed by atoms with Gasteiger partial charge in [-0.25, -0.2) is 0 Å². The number of piperidine rings is 1. The average molecular weight is 261 g/mol. The van der Waals surface area contributed by atoms with E-state index in [-0.39, 0.29) is 18.3 Å². The fourth-order valence-corrected chi connectivity index (χ4v) is 2.81. The number of carbonyl (C=O) groups is 1. The Hall–Kier alpha value is -0.280. The first-order valence-corrected chi connectivity index (χ1v) is 6.65. The molecule has 0 aromatic carbocycles. The van der Waals surface area contributed by atoms with Crippen LogP contribution in [0.3, 0.4) is 0 Å². The van der Waals surface area contributed by atoms with E-state index < -0.39 is 0 Å². The number of nitrogens with zero attached hydrogens (tertiary/aromatic N) is 1. The van der Waals surface area contributed by atoms with Crippen LogP contribution in [-0.2, 0) is 4.79 Å². The fraction of sp³-hybridized carbons (Fsp3) is 0.923. The number of carbonyl (C=O) groups excluding carboxylic acids is 1. The molecule has 1 N–H and O–H groups in total. The highest BCUT2D eigenvalue weighted by molar-refractivity contribution is 5.85. The number of rotatable bonds is 4. The van der Waals surface area contributed by atoms with E-state index in [1.165, 1.54) is 25.7 Å². The van der Waals surface area contributed by atoms with Crippen LogP contribution < -0.4 is 5.32 Å². The highest BCUT2D eigenvalue weighted by Gasteiger charge is 2.36. The Kier molecular flexibility index (Phi) is 5.74. The number of amides is 1. The molecular formula is C13H25ClN2O. The zero-order chi connectivity index (χ0) is 11.5. The van der Waals surface area contributed by atoms with Crippen LogP contribution >= 0.6 is 12.4 Å². The first kappa shape index (κ1) is 14.8. The van der Waals surface area contributed by atoms with Crippen molar-refractivity contribution >= 4 is 18.3 Å². The zero-order valence-corrected chi connectivity index (χ0v) is 11.8. The van der Waals surface area contributed by atoms with Gasteiger partial charge in [0, 0.05) is 19.0 Å². The quantitative estimate of drug-likeness (QED) is 0.838. The van der Waals surface area contributed by atoms with Crippen molar-refractivity contribution in [2.24, 2.45) is 17.8 Å². The smallest absolute Gasteiger partial charge is 0.225 e. The van der Waals surface area contributed by atoms with Crippen molar-refractivity contribution < 1.29 is 4.79 Å². The van der Waals surface area contributed by atoms with E-state index in [0.29, 0.717) is 17.7 Å². The van der Waals surface area contributed by atoms with Gasteiger partial charge in [0.2, 0.25) is 5.91 Å². The molecule has 0 aromatic rings. The van der Waals surface area contributed by atoms with Gasteiger partial charge >= 0.3 is 0 Å². The summed E-state index contributed by atoms with van der Waals surface area (Å²) in [6.45, 7) is 5.11. The Balaban J connectivity index is 0.00000144. The van der Waals surface area contributed by atoms with Crippen molar-refractivity contribution in [1.29, 1.82) is 0 Å². The summed E-state index contributed by atoms with van der Waals surface area (Å²) in [6, 6.07) is 0. The third-order valence-electron chi connectivity index (χ3n) is 4.04. The number of hydrogen-bond donors (Lipinski definition) is 1. The normalized spacial score (nSPS) is 26.2. The van der Waals surface area contributed by atoms with E-state index in [4.69, 9.17) is 0 Å². The second-order valence-corrected chi connectivity index (χ2v) is 5.48. The van der Waals surface area contributed by atoms with Crippen LogP contribution in [0.15, 0.2) is 0 Å². The summed E-state index contributed by atoms with van der Waals surface area (Å²) in [5.74, 6) is 2.03. The first-order valence-electron chi connectivity index (χ1n) is 6.65. The highest BCUT2D eigenvalue weighted by atomic mass is 35.5. The van der Waals surface area contributed by atoms with Crippen molar-refractivity contribution in [3.63, 3.8) is 0 Å². The molecule has 2 aliphatic rings. The van der Waals surface area contributed by atoms with E-state index in [1.807, 2.05) is 7.05 Å². The Morgan fingerprint density at radius 1 is 1.41 bits per heavy atom. The third kappa shape index (κ3) is 3.85. The highest BCUT2D eigenvalue weighted by Crippen LogP contribution is 2.37. The Morgan fingerprint density at radius 3 is 2.71 bits per heavy atom. The molecule has 2 fully saturated rings. The maximum Gasteiger partial charge on any atom is 0.225 e. The molecular weight excluding hydrogens is 236 g/mol. The molecule has 2 unspecified atom stereocenters. The summed E-state index contributed by atoms with van der Waals surface area (Å²) in [5.41, 5.74) is 0. The summed E-state index contributed by atoms with van der Waals surface area (Å²) in [6.07, 6.45) is 4.97. The van der Waals surface area contributed by atoms with Crippen molar-refractivity contribution in [2.75, 3.05) is 26.7 Å². The zero-order valence-electron chi connectivity index (χ0n) is 10.9. The first-order chi connectivity index (χ1) is 7.72. The van der Waals surface area contributed by atoms with Crippen LogP contribution in [0.1, 0.15) is 32.6 Å². The van der Waals surface area contributed by atoms with Crippen molar-refractivity contribution in [3.8, 4) is 0 Å². The number of halogens is 1. The molecule has 0 radical (unpaired) electrons. The molecule has 1 saturated carbocycles. The molecule has 2 rings (SSSR count). The molecule has 0 aromatic heterocycles. The van der Waals surface area contributed by atoms with E-state index >= 15 is 0 Å². The topological polar surface area (TPSA) is 32.3 Å². The van der Waals surface area contributed by atoms with Gasteiger partial charge in [-0.1, -0.05) is 6.92 Å². The molecule has 0 bridgehead atoms. The Labute approximate surface area is 111 Å². The maximum absolute atomic E-state index is 12.2. The minimum atomic E-state index is 0. The van der Waals surface area contributed by atoms with E-state index in [2.05, 4.69) is 17.1 Å². The van der Waals surface area contributed by atoms with Crippen LogP contribution in [0.4, 0.5) is 0 Å². The molecule has 4 heteroatoms. The van der Waals surface area contributed by atoms with Crippen molar-refractivity contribution in [1.82, 2.24) is 10.2 Å². The summed E-state index contributed by atoms with van der Waals surface area (Å²) in [7, 11) is 1.99. The Morgan fingerprint density at radius 2 is 2.12 bits per heavy atom. The molecule has 1 amide bonds. The number of nitrogens with one attached hydrogen (secondary N) is 1. The van der Waals surface area contributed by atoms with Crippen LogP contribution in [0.25, 0.3) is 0 Å². The van der Waals surface area contributed by atoms with Gasteiger partial charge in [0.25, 0.3) is 0 Å². The predicted octanol–water partition coefficient (Wildman–Crippen LogP) is 1.91. The second-order valence-electron chi connectivity index (χ2n) is 5.48. The van der Waals surface area contributed by atoms with Gasteiger partial charge in [-0.15, -0.1) is 12.4 Å². The average Bonchev–Trinajstić information content (AvgIpc) is 3.12. The molecule has 1 saturated heterocycles. The molecule has 1 aliphatic heterocycles. The van der Waals surface area contributed by atoms with E-state index in [9.17, 15) is 4.79 Å². The SMILES string of the molecule is CNCC1CCCN(C(=O)C(C)C2CC2)C1.Cl. The van der Waals surface area contributed by atoms with Gasteiger partial charge in [0.1, 0.15) is 0 Å². The molecule has 17 heavy (non-hydrogen) atoms. The molecule has 2 atom stereocenters. The van der Waals surface area contributed by atoms with Crippen LogP contribution in [0.5, 0.6) is 0 Å². The predicted molar refractivity (Wildman–Crippen MR) is 72.4 cm³/mol. The minimum Gasteiger partial charge on any atom is -0.342 e. The summed E-state index contributed by atoms with van der Waals surface area (Å²) >= 11 is 0. The number of likely N-dealkylation sites (tertiary alicyclic amines) is 1. The molecule has 1 aliphatic carbocycles. The lowest BCUT2D eigenvalue weighted by molar-refractivity contribution is -0.137. The van der Waals surface area contributed by atoms with Gasteiger partial charge in [0.15, 0.2) is 0 Å². The van der Waals surface area contributed by atoms with Crippen molar-refractivity contribution in [2.45, 2.75) is 32.6 Å². The van der Waals surface area contributed by atoms with Gasteiger partial charge < -0.3 is 10.2 Å². The van der Waals surface area contributed by atoms with Gasteiger partial charge in [0.05, 0.1) is 0 Å². The second kappa shape index (κ2) is 6.60. The van der Waals surface area contributed by atoms with Crippen LogP contribution in [0.2, 0.25) is 0 Å². The monoisotopic (exact) mass is 260 g/mol.